The van der Waals surface area contributed by atoms with Crippen molar-refractivity contribution in [2.24, 2.45) is 5.92 Å². The van der Waals surface area contributed by atoms with Gasteiger partial charge in [0.05, 0.1) is 7.11 Å². The van der Waals surface area contributed by atoms with Crippen molar-refractivity contribution >= 4 is 0 Å². The number of hydrogen-bond donors (Lipinski definition) is 1. The average Bonchev–Trinajstić information content (AvgIpc) is 2.24. The van der Waals surface area contributed by atoms with E-state index in [0.717, 1.165) is 5.92 Å². The molecule has 2 rings (SSSR count). The fourth-order valence-electron chi connectivity index (χ4n) is 2.17. The maximum absolute atomic E-state index is 13.8. The maximum atomic E-state index is 13.8. The van der Waals surface area contributed by atoms with E-state index in [1.807, 2.05) is 6.07 Å². The van der Waals surface area contributed by atoms with Gasteiger partial charge >= 0.3 is 0 Å². The van der Waals surface area contributed by atoms with E-state index in [1.165, 1.54) is 20.0 Å². The second-order valence-electron chi connectivity index (χ2n) is 4.59. The molecule has 1 aromatic rings. The Morgan fingerprint density at radius 2 is 2.19 bits per heavy atom. The van der Waals surface area contributed by atoms with E-state index < -0.39 is 0 Å². The first-order valence-electron chi connectivity index (χ1n) is 5.75. The van der Waals surface area contributed by atoms with Crippen LogP contribution in [-0.4, -0.2) is 13.2 Å². The molecule has 0 saturated heterocycles. The Morgan fingerprint density at radius 1 is 1.44 bits per heavy atom. The Balaban J connectivity index is 1.93. The van der Waals surface area contributed by atoms with E-state index in [9.17, 15) is 4.39 Å². The quantitative estimate of drug-likeness (QED) is 0.847. The van der Waals surface area contributed by atoms with Gasteiger partial charge in [-0.05, 0) is 24.8 Å². The number of benzene rings is 1. The lowest BCUT2D eigenvalue weighted by Crippen LogP contribution is -2.39. The molecule has 2 nitrogen and oxygen atoms in total. The number of halogens is 1. The van der Waals surface area contributed by atoms with Crippen LogP contribution in [0.5, 0.6) is 5.75 Å². The summed E-state index contributed by atoms with van der Waals surface area (Å²) in [6.45, 7) is 2.82. The van der Waals surface area contributed by atoms with E-state index in [1.54, 1.807) is 12.1 Å². The third-order valence-corrected chi connectivity index (χ3v) is 3.22. The van der Waals surface area contributed by atoms with Gasteiger partial charge in [0.25, 0.3) is 0 Å². The smallest absolute Gasteiger partial charge is 0.169 e. The fraction of sp³-hybridized carbons (Fsp3) is 0.538. The van der Waals surface area contributed by atoms with Crippen molar-refractivity contribution in [1.82, 2.24) is 5.32 Å². The first-order chi connectivity index (χ1) is 7.70. The lowest BCUT2D eigenvalue weighted by molar-refractivity contribution is 0.239. The van der Waals surface area contributed by atoms with Crippen LogP contribution in [0, 0.1) is 11.7 Å². The minimum absolute atomic E-state index is 0.245. The van der Waals surface area contributed by atoms with Gasteiger partial charge in [0.2, 0.25) is 0 Å². The van der Waals surface area contributed by atoms with Crippen molar-refractivity contribution in [3.63, 3.8) is 0 Å². The van der Waals surface area contributed by atoms with Crippen molar-refractivity contribution in [2.45, 2.75) is 32.4 Å². The Morgan fingerprint density at radius 3 is 2.81 bits per heavy atom. The van der Waals surface area contributed by atoms with Crippen LogP contribution in [0.2, 0.25) is 0 Å². The molecule has 0 atom stereocenters. The Hall–Kier alpha value is -1.09. The summed E-state index contributed by atoms with van der Waals surface area (Å²) in [7, 11) is 1.49. The molecule has 3 heteroatoms. The number of nitrogens with one attached hydrogen (secondary N) is 1. The summed E-state index contributed by atoms with van der Waals surface area (Å²) >= 11 is 0. The molecule has 1 aromatic carbocycles. The minimum Gasteiger partial charge on any atom is -0.494 e. The second kappa shape index (κ2) is 4.83. The largest absolute Gasteiger partial charge is 0.494 e. The average molecular weight is 223 g/mol. The highest BCUT2D eigenvalue weighted by Gasteiger charge is 2.24. The Bertz CT molecular complexity index is 361. The van der Waals surface area contributed by atoms with Gasteiger partial charge in [-0.25, -0.2) is 4.39 Å². The van der Waals surface area contributed by atoms with E-state index in [4.69, 9.17) is 4.74 Å². The van der Waals surface area contributed by atoms with E-state index in [0.29, 0.717) is 23.9 Å². The van der Waals surface area contributed by atoms with Crippen LogP contribution in [0.15, 0.2) is 18.2 Å². The number of hydrogen-bond acceptors (Lipinski definition) is 2. The fourth-order valence-corrected chi connectivity index (χ4v) is 2.17. The molecule has 0 bridgehead atoms. The molecule has 16 heavy (non-hydrogen) atoms. The highest BCUT2D eigenvalue weighted by atomic mass is 19.1. The predicted octanol–water partition coefficient (Wildman–Crippen LogP) is 2.72. The van der Waals surface area contributed by atoms with Gasteiger partial charge < -0.3 is 10.1 Å². The molecule has 0 heterocycles. The third-order valence-electron chi connectivity index (χ3n) is 3.22. The van der Waals surface area contributed by atoms with E-state index in [2.05, 4.69) is 12.2 Å². The SMILES string of the molecule is COc1cccc(CNC2CC(C)C2)c1F. The molecule has 0 spiro atoms. The van der Waals surface area contributed by atoms with Gasteiger partial charge in [-0.2, -0.15) is 0 Å². The maximum Gasteiger partial charge on any atom is 0.169 e. The highest BCUT2D eigenvalue weighted by molar-refractivity contribution is 5.30. The normalized spacial score (nSPS) is 23.9. The zero-order valence-corrected chi connectivity index (χ0v) is 9.79. The standard InChI is InChI=1S/C13H18FNO/c1-9-6-11(7-9)15-8-10-4-3-5-12(16-2)13(10)14/h3-5,9,11,15H,6-8H2,1-2H3. The van der Waals surface area contributed by atoms with Crippen LogP contribution in [0.1, 0.15) is 25.3 Å². The van der Waals surface area contributed by atoms with Crippen LogP contribution < -0.4 is 10.1 Å². The second-order valence-corrected chi connectivity index (χ2v) is 4.59. The number of rotatable bonds is 4. The molecule has 0 aromatic heterocycles. The van der Waals surface area contributed by atoms with Gasteiger partial charge in [-0.15, -0.1) is 0 Å². The molecule has 1 N–H and O–H groups in total. The molecule has 0 unspecified atom stereocenters. The summed E-state index contributed by atoms with van der Waals surface area (Å²) in [5.41, 5.74) is 0.680. The van der Waals surface area contributed by atoms with Crippen LogP contribution in [0.25, 0.3) is 0 Å². The first kappa shape index (κ1) is 11.4. The van der Waals surface area contributed by atoms with Crippen LogP contribution in [0.3, 0.4) is 0 Å². The van der Waals surface area contributed by atoms with Gasteiger partial charge in [0, 0.05) is 18.2 Å². The zero-order chi connectivity index (χ0) is 11.5. The molecule has 0 radical (unpaired) electrons. The van der Waals surface area contributed by atoms with Crippen molar-refractivity contribution in [1.29, 1.82) is 0 Å². The molecule has 0 amide bonds. The predicted molar refractivity (Wildman–Crippen MR) is 62.0 cm³/mol. The molecule has 0 aliphatic heterocycles. The van der Waals surface area contributed by atoms with Gasteiger partial charge in [0.15, 0.2) is 11.6 Å². The van der Waals surface area contributed by atoms with E-state index >= 15 is 0 Å². The third kappa shape index (κ3) is 2.35. The molecule has 1 saturated carbocycles. The van der Waals surface area contributed by atoms with Crippen LogP contribution >= 0.6 is 0 Å². The van der Waals surface area contributed by atoms with Gasteiger partial charge in [-0.3, -0.25) is 0 Å². The van der Waals surface area contributed by atoms with Gasteiger partial charge in [-0.1, -0.05) is 19.1 Å². The van der Waals surface area contributed by atoms with Crippen LogP contribution in [0.4, 0.5) is 4.39 Å². The monoisotopic (exact) mass is 223 g/mol. The summed E-state index contributed by atoms with van der Waals surface area (Å²) in [4.78, 5) is 0. The number of methoxy groups -OCH3 is 1. The van der Waals surface area contributed by atoms with Crippen molar-refractivity contribution in [2.75, 3.05) is 7.11 Å². The molecule has 1 aliphatic carbocycles. The van der Waals surface area contributed by atoms with Crippen molar-refractivity contribution < 1.29 is 9.13 Å². The lowest BCUT2D eigenvalue weighted by atomic mass is 9.82. The van der Waals surface area contributed by atoms with Crippen LogP contribution in [-0.2, 0) is 6.54 Å². The summed E-state index contributed by atoms with van der Waals surface area (Å²) < 4.78 is 18.7. The van der Waals surface area contributed by atoms with E-state index in [-0.39, 0.29) is 5.82 Å². The summed E-state index contributed by atoms with van der Waals surface area (Å²) in [6.07, 6.45) is 2.40. The molecular weight excluding hydrogens is 205 g/mol. The Kier molecular flexibility index (Phi) is 3.44. The topological polar surface area (TPSA) is 21.3 Å². The molecule has 1 fully saturated rings. The summed E-state index contributed by atoms with van der Waals surface area (Å²) in [5, 5.41) is 3.36. The Labute approximate surface area is 95.8 Å². The molecule has 88 valence electrons. The number of ether oxygens (including phenoxy) is 1. The molecular formula is C13H18FNO. The minimum atomic E-state index is -0.245. The molecule has 1 aliphatic rings. The van der Waals surface area contributed by atoms with Crippen molar-refractivity contribution in [3.8, 4) is 5.75 Å². The highest BCUT2D eigenvalue weighted by Crippen LogP contribution is 2.27. The summed E-state index contributed by atoms with van der Waals surface area (Å²) in [6, 6.07) is 5.82. The van der Waals surface area contributed by atoms with Gasteiger partial charge in [0.1, 0.15) is 0 Å². The zero-order valence-electron chi connectivity index (χ0n) is 9.79. The lowest BCUT2D eigenvalue weighted by Gasteiger charge is -2.33. The summed E-state index contributed by atoms with van der Waals surface area (Å²) in [5.74, 6) is 0.888. The van der Waals surface area contributed by atoms with Crippen molar-refractivity contribution in [3.05, 3.63) is 29.6 Å². The first-order valence-corrected chi connectivity index (χ1v) is 5.75.